The Kier molecular flexibility index (Phi) is 3.16. The molecule has 0 aliphatic carbocycles. The van der Waals surface area contributed by atoms with Crippen LogP contribution in [0.3, 0.4) is 0 Å². The number of nitrogens with zero attached hydrogens (tertiary/aromatic N) is 4. The number of nitrogens with two attached hydrogens (primary N) is 1. The molecule has 6 nitrogen and oxygen atoms in total. The molecule has 2 aromatic rings. The SMILES string of the molecule is CC(C)n1nc(C#CC(C)(C)O)c2c(N)ncnc21. The molecule has 6 heteroatoms. The highest BCUT2D eigenvalue weighted by Gasteiger charge is 2.16. The van der Waals surface area contributed by atoms with Crippen molar-refractivity contribution < 1.29 is 5.11 Å². The minimum Gasteiger partial charge on any atom is -0.383 e. The second-order valence-electron chi connectivity index (χ2n) is 5.15. The van der Waals surface area contributed by atoms with Crippen LogP contribution in [0, 0.1) is 11.8 Å². The molecule has 19 heavy (non-hydrogen) atoms. The van der Waals surface area contributed by atoms with E-state index < -0.39 is 5.60 Å². The lowest BCUT2D eigenvalue weighted by Crippen LogP contribution is -2.14. The molecule has 2 rings (SSSR count). The van der Waals surface area contributed by atoms with Gasteiger partial charge < -0.3 is 10.8 Å². The van der Waals surface area contributed by atoms with Crippen molar-refractivity contribution in [1.82, 2.24) is 19.7 Å². The lowest BCUT2D eigenvalue weighted by atomic mass is 10.1. The molecule has 0 bridgehead atoms. The third-order valence-electron chi connectivity index (χ3n) is 2.49. The van der Waals surface area contributed by atoms with Gasteiger partial charge in [-0.2, -0.15) is 5.10 Å². The maximum atomic E-state index is 9.67. The molecule has 0 spiro atoms. The topological polar surface area (TPSA) is 89.8 Å². The van der Waals surface area contributed by atoms with Crippen molar-refractivity contribution in [2.45, 2.75) is 39.3 Å². The summed E-state index contributed by atoms with van der Waals surface area (Å²) < 4.78 is 1.75. The van der Waals surface area contributed by atoms with Crippen LogP contribution in [-0.4, -0.2) is 30.5 Å². The molecule has 0 amide bonds. The molecule has 0 aromatic carbocycles. The van der Waals surface area contributed by atoms with Gasteiger partial charge in [-0.15, -0.1) is 0 Å². The van der Waals surface area contributed by atoms with Crippen molar-refractivity contribution in [2.24, 2.45) is 0 Å². The van der Waals surface area contributed by atoms with Gasteiger partial charge in [0.2, 0.25) is 0 Å². The normalized spacial score (nSPS) is 11.7. The molecule has 2 aromatic heterocycles. The standard InChI is InChI=1S/C13H17N5O/c1-8(2)18-12-10(11(14)15-7-16-12)9(17-18)5-6-13(3,4)19/h7-8,19H,1-4H3,(H2,14,15,16). The number of nitrogen functional groups attached to an aromatic ring is 1. The Balaban J connectivity index is 2.70. The van der Waals surface area contributed by atoms with E-state index in [-0.39, 0.29) is 6.04 Å². The Bertz CT molecular complexity index is 670. The molecule has 0 atom stereocenters. The van der Waals surface area contributed by atoms with Crippen LogP contribution in [-0.2, 0) is 0 Å². The number of anilines is 1. The zero-order valence-electron chi connectivity index (χ0n) is 11.5. The molecular weight excluding hydrogens is 242 g/mol. The first-order valence-electron chi connectivity index (χ1n) is 6.04. The van der Waals surface area contributed by atoms with Gasteiger partial charge in [0.05, 0.1) is 5.39 Å². The number of aliphatic hydroxyl groups is 1. The Morgan fingerprint density at radius 1 is 1.37 bits per heavy atom. The highest BCUT2D eigenvalue weighted by Crippen LogP contribution is 2.23. The van der Waals surface area contributed by atoms with Crippen LogP contribution in [0.15, 0.2) is 6.33 Å². The summed E-state index contributed by atoms with van der Waals surface area (Å²) in [7, 11) is 0. The second kappa shape index (κ2) is 4.52. The average molecular weight is 259 g/mol. The molecule has 0 unspecified atom stereocenters. The Morgan fingerprint density at radius 3 is 2.63 bits per heavy atom. The van der Waals surface area contributed by atoms with Gasteiger partial charge in [-0.3, -0.25) is 0 Å². The first kappa shape index (κ1) is 13.3. The Labute approximate surface area is 111 Å². The molecular formula is C13H17N5O. The van der Waals surface area contributed by atoms with E-state index in [4.69, 9.17) is 5.73 Å². The van der Waals surface area contributed by atoms with Gasteiger partial charge in [0.1, 0.15) is 23.4 Å². The summed E-state index contributed by atoms with van der Waals surface area (Å²) in [6.07, 6.45) is 1.41. The average Bonchev–Trinajstić information content (AvgIpc) is 2.66. The summed E-state index contributed by atoms with van der Waals surface area (Å²) in [5.41, 5.74) is 5.94. The summed E-state index contributed by atoms with van der Waals surface area (Å²) >= 11 is 0. The van der Waals surface area contributed by atoms with Crippen molar-refractivity contribution in [3.8, 4) is 11.8 Å². The molecule has 3 N–H and O–H groups in total. The molecule has 0 radical (unpaired) electrons. The minimum absolute atomic E-state index is 0.134. The molecule has 0 fully saturated rings. The summed E-state index contributed by atoms with van der Waals surface area (Å²) in [6.45, 7) is 7.22. The highest BCUT2D eigenvalue weighted by atomic mass is 16.3. The van der Waals surface area contributed by atoms with E-state index in [1.807, 2.05) is 13.8 Å². The third-order valence-corrected chi connectivity index (χ3v) is 2.49. The zero-order chi connectivity index (χ0) is 14.2. The third kappa shape index (κ3) is 2.66. The van der Waals surface area contributed by atoms with Crippen LogP contribution < -0.4 is 5.73 Å². The molecule has 0 aliphatic heterocycles. The first-order valence-corrected chi connectivity index (χ1v) is 6.04. The predicted octanol–water partition coefficient (Wildman–Crippen LogP) is 1.11. The summed E-state index contributed by atoms with van der Waals surface area (Å²) in [5, 5.41) is 14.7. The number of hydrogen-bond donors (Lipinski definition) is 2. The van der Waals surface area contributed by atoms with Crippen molar-refractivity contribution in [1.29, 1.82) is 0 Å². The van der Waals surface area contributed by atoms with E-state index >= 15 is 0 Å². The smallest absolute Gasteiger partial charge is 0.164 e. The van der Waals surface area contributed by atoms with E-state index in [1.165, 1.54) is 6.33 Å². The molecule has 0 aliphatic rings. The summed E-state index contributed by atoms with van der Waals surface area (Å²) in [6, 6.07) is 0.134. The fourth-order valence-electron chi connectivity index (χ4n) is 1.66. The second-order valence-corrected chi connectivity index (χ2v) is 5.15. The van der Waals surface area contributed by atoms with Gasteiger partial charge in [-0.1, -0.05) is 5.92 Å². The van der Waals surface area contributed by atoms with Crippen molar-refractivity contribution in [3.63, 3.8) is 0 Å². The summed E-state index contributed by atoms with van der Waals surface area (Å²) in [5.74, 6) is 5.92. The first-order chi connectivity index (χ1) is 8.79. The lowest BCUT2D eigenvalue weighted by Gasteiger charge is -2.05. The van der Waals surface area contributed by atoms with Crippen LogP contribution in [0.1, 0.15) is 39.4 Å². The number of fused-ring (bicyclic) bond motifs is 1. The fourth-order valence-corrected chi connectivity index (χ4v) is 1.66. The molecule has 100 valence electrons. The van der Waals surface area contributed by atoms with Gasteiger partial charge in [0.15, 0.2) is 5.65 Å². The minimum atomic E-state index is -1.08. The largest absolute Gasteiger partial charge is 0.383 e. The van der Waals surface area contributed by atoms with Crippen LogP contribution in [0.5, 0.6) is 0 Å². The molecule has 0 saturated carbocycles. The number of hydrogen-bond acceptors (Lipinski definition) is 5. The Morgan fingerprint density at radius 2 is 2.05 bits per heavy atom. The van der Waals surface area contributed by atoms with Gasteiger partial charge >= 0.3 is 0 Å². The Hall–Kier alpha value is -2.13. The maximum Gasteiger partial charge on any atom is 0.164 e. The van der Waals surface area contributed by atoms with E-state index in [1.54, 1.807) is 18.5 Å². The molecule has 2 heterocycles. The van der Waals surface area contributed by atoms with E-state index in [2.05, 4.69) is 26.9 Å². The van der Waals surface area contributed by atoms with Crippen molar-refractivity contribution in [3.05, 3.63) is 12.0 Å². The highest BCUT2D eigenvalue weighted by molar-refractivity contribution is 5.90. The monoisotopic (exact) mass is 259 g/mol. The van der Waals surface area contributed by atoms with E-state index in [0.717, 1.165) is 0 Å². The van der Waals surface area contributed by atoms with Crippen LogP contribution in [0.25, 0.3) is 11.0 Å². The fraction of sp³-hybridized carbons (Fsp3) is 0.462. The van der Waals surface area contributed by atoms with Crippen LogP contribution in [0.2, 0.25) is 0 Å². The lowest BCUT2D eigenvalue weighted by molar-refractivity contribution is 0.143. The van der Waals surface area contributed by atoms with E-state index in [9.17, 15) is 5.11 Å². The quantitative estimate of drug-likeness (QED) is 0.749. The predicted molar refractivity (Wildman–Crippen MR) is 73.3 cm³/mol. The van der Waals surface area contributed by atoms with E-state index in [0.29, 0.717) is 22.5 Å². The van der Waals surface area contributed by atoms with Crippen LogP contribution in [0.4, 0.5) is 5.82 Å². The van der Waals surface area contributed by atoms with Gasteiger partial charge in [-0.05, 0) is 33.6 Å². The van der Waals surface area contributed by atoms with Crippen molar-refractivity contribution in [2.75, 3.05) is 5.73 Å². The van der Waals surface area contributed by atoms with Gasteiger partial charge in [-0.25, -0.2) is 14.6 Å². The number of rotatable bonds is 1. The van der Waals surface area contributed by atoms with Gasteiger partial charge in [0.25, 0.3) is 0 Å². The van der Waals surface area contributed by atoms with Crippen molar-refractivity contribution >= 4 is 16.9 Å². The summed E-state index contributed by atoms with van der Waals surface area (Å²) in [4.78, 5) is 8.18. The maximum absolute atomic E-state index is 9.67. The molecule has 0 saturated heterocycles. The zero-order valence-corrected chi connectivity index (χ0v) is 11.5. The van der Waals surface area contributed by atoms with Gasteiger partial charge in [0, 0.05) is 6.04 Å². The van der Waals surface area contributed by atoms with Crippen LogP contribution >= 0.6 is 0 Å². The number of aromatic nitrogens is 4.